The SMILES string of the molecule is C=C(C)COc1cccc(NC(=O)C2CCN(C(=O)N(C)C)CC2)c1. The molecule has 25 heavy (non-hydrogen) atoms. The standard InChI is InChI=1S/C19H27N3O3/c1-14(2)13-25-17-7-5-6-16(12-17)20-18(23)15-8-10-22(11-9-15)19(24)21(3)4/h5-7,12,15H,1,8-11,13H2,2-4H3,(H,20,23). The van der Waals surface area contributed by atoms with E-state index in [4.69, 9.17) is 4.74 Å². The molecular formula is C19H27N3O3. The Bertz CT molecular complexity index is 635. The molecule has 0 spiro atoms. The molecule has 6 nitrogen and oxygen atoms in total. The van der Waals surface area contributed by atoms with Gasteiger partial charge in [0, 0.05) is 44.9 Å². The zero-order chi connectivity index (χ0) is 18.4. The Balaban J connectivity index is 1.87. The minimum absolute atomic E-state index is 0.00113. The van der Waals surface area contributed by atoms with Gasteiger partial charge >= 0.3 is 6.03 Å². The maximum absolute atomic E-state index is 12.5. The van der Waals surface area contributed by atoms with E-state index in [1.807, 2.05) is 31.2 Å². The highest BCUT2D eigenvalue weighted by molar-refractivity contribution is 5.92. The second-order valence-corrected chi connectivity index (χ2v) is 6.70. The first kappa shape index (κ1) is 18.8. The lowest BCUT2D eigenvalue weighted by Crippen LogP contribution is -2.45. The van der Waals surface area contributed by atoms with E-state index in [1.165, 1.54) is 0 Å². The average Bonchev–Trinajstić information content (AvgIpc) is 2.59. The highest BCUT2D eigenvalue weighted by atomic mass is 16.5. The molecular weight excluding hydrogens is 318 g/mol. The summed E-state index contributed by atoms with van der Waals surface area (Å²) in [5, 5.41) is 2.95. The fourth-order valence-electron chi connectivity index (χ4n) is 2.73. The fourth-order valence-corrected chi connectivity index (χ4v) is 2.73. The van der Waals surface area contributed by atoms with Crippen molar-refractivity contribution in [1.29, 1.82) is 0 Å². The van der Waals surface area contributed by atoms with Gasteiger partial charge in [-0.1, -0.05) is 12.6 Å². The summed E-state index contributed by atoms with van der Waals surface area (Å²) in [5.41, 5.74) is 1.66. The number of nitrogens with zero attached hydrogens (tertiary/aromatic N) is 2. The predicted octanol–water partition coefficient (Wildman–Crippen LogP) is 2.97. The van der Waals surface area contributed by atoms with Crippen LogP contribution in [0, 0.1) is 5.92 Å². The number of nitrogens with one attached hydrogen (secondary N) is 1. The van der Waals surface area contributed by atoms with Crippen molar-refractivity contribution in [1.82, 2.24) is 9.80 Å². The van der Waals surface area contributed by atoms with Crippen molar-refractivity contribution in [2.45, 2.75) is 19.8 Å². The van der Waals surface area contributed by atoms with Crippen molar-refractivity contribution in [2.75, 3.05) is 39.1 Å². The first-order valence-corrected chi connectivity index (χ1v) is 8.51. The van der Waals surface area contributed by atoms with Crippen LogP contribution in [0.25, 0.3) is 0 Å². The fraction of sp³-hybridized carbons (Fsp3) is 0.474. The minimum Gasteiger partial charge on any atom is -0.489 e. The first-order valence-electron chi connectivity index (χ1n) is 8.51. The number of ether oxygens (including phenoxy) is 1. The number of amides is 3. The van der Waals surface area contributed by atoms with E-state index in [-0.39, 0.29) is 17.9 Å². The van der Waals surface area contributed by atoms with Crippen LogP contribution in [-0.4, -0.2) is 55.5 Å². The summed E-state index contributed by atoms with van der Waals surface area (Å²) in [6.45, 7) is 7.38. The van der Waals surface area contributed by atoms with Crippen LogP contribution in [0.4, 0.5) is 10.5 Å². The quantitative estimate of drug-likeness (QED) is 0.835. The highest BCUT2D eigenvalue weighted by Gasteiger charge is 2.28. The Morgan fingerprint density at radius 3 is 2.60 bits per heavy atom. The normalized spacial score (nSPS) is 14.8. The minimum atomic E-state index is -0.0776. The van der Waals surface area contributed by atoms with Crippen molar-refractivity contribution in [3.63, 3.8) is 0 Å². The molecule has 1 aromatic rings. The Hall–Kier alpha value is -2.50. The summed E-state index contributed by atoms with van der Waals surface area (Å²) in [4.78, 5) is 27.8. The summed E-state index contributed by atoms with van der Waals surface area (Å²) in [6, 6.07) is 7.36. The molecule has 0 radical (unpaired) electrons. The molecule has 1 aromatic carbocycles. The Morgan fingerprint density at radius 1 is 1.32 bits per heavy atom. The molecule has 6 heteroatoms. The second-order valence-electron chi connectivity index (χ2n) is 6.70. The number of hydrogen-bond donors (Lipinski definition) is 1. The molecule has 0 saturated carbocycles. The molecule has 136 valence electrons. The molecule has 0 unspecified atom stereocenters. The summed E-state index contributed by atoms with van der Waals surface area (Å²) >= 11 is 0. The number of urea groups is 1. The summed E-state index contributed by atoms with van der Waals surface area (Å²) in [7, 11) is 3.48. The van der Waals surface area contributed by atoms with Gasteiger partial charge in [0.2, 0.25) is 5.91 Å². The number of benzene rings is 1. The molecule has 1 aliphatic heterocycles. The van der Waals surface area contributed by atoms with Gasteiger partial charge in [-0.05, 0) is 37.5 Å². The second kappa shape index (κ2) is 8.55. The zero-order valence-corrected chi connectivity index (χ0v) is 15.2. The topological polar surface area (TPSA) is 61.9 Å². The van der Waals surface area contributed by atoms with Crippen molar-refractivity contribution < 1.29 is 14.3 Å². The molecule has 0 bridgehead atoms. The van der Waals surface area contributed by atoms with Crippen LogP contribution in [0.5, 0.6) is 5.75 Å². The van der Waals surface area contributed by atoms with E-state index in [1.54, 1.807) is 23.9 Å². The predicted molar refractivity (Wildman–Crippen MR) is 98.8 cm³/mol. The van der Waals surface area contributed by atoms with Crippen LogP contribution < -0.4 is 10.1 Å². The van der Waals surface area contributed by atoms with E-state index < -0.39 is 0 Å². The molecule has 1 saturated heterocycles. The number of carbonyl (C=O) groups is 2. The lowest BCUT2D eigenvalue weighted by Gasteiger charge is -2.33. The number of piperidine rings is 1. The lowest BCUT2D eigenvalue weighted by atomic mass is 9.96. The van der Waals surface area contributed by atoms with Gasteiger partial charge in [0.15, 0.2) is 0 Å². The summed E-state index contributed by atoms with van der Waals surface area (Å²) in [5.74, 6) is 0.618. The molecule has 1 N–H and O–H groups in total. The molecule has 1 aliphatic rings. The van der Waals surface area contributed by atoms with E-state index in [0.29, 0.717) is 38.3 Å². The van der Waals surface area contributed by atoms with Gasteiger partial charge in [-0.2, -0.15) is 0 Å². The van der Waals surface area contributed by atoms with Crippen LogP contribution in [0.15, 0.2) is 36.4 Å². The van der Waals surface area contributed by atoms with Crippen LogP contribution >= 0.6 is 0 Å². The third-order valence-corrected chi connectivity index (χ3v) is 4.11. The third kappa shape index (κ3) is 5.52. The van der Waals surface area contributed by atoms with Gasteiger partial charge < -0.3 is 19.9 Å². The van der Waals surface area contributed by atoms with Crippen molar-refractivity contribution in [3.05, 3.63) is 36.4 Å². The van der Waals surface area contributed by atoms with Gasteiger partial charge in [-0.15, -0.1) is 0 Å². The summed E-state index contributed by atoms with van der Waals surface area (Å²) < 4.78 is 5.60. The Kier molecular flexibility index (Phi) is 6.44. The van der Waals surface area contributed by atoms with Crippen molar-refractivity contribution in [3.8, 4) is 5.75 Å². The average molecular weight is 345 g/mol. The maximum atomic E-state index is 12.5. The molecule has 0 aromatic heterocycles. The first-order chi connectivity index (χ1) is 11.9. The molecule has 1 heterocycles. The Morgan fingerprint density at radius 2 is 2.00 bits per heavy atom. The van der Waals surface area contributed by atoms with E-state index in [9.17, 15) is 9.59 Å². The molecule has 0 aliphatic carbocycles. The van der Waals surface area contributed by atoms with Crippen LogP contribution in [0.3, 0.4) is 0 Å². The highest BCUT2D eigenvalue weighted by Crippen LogP contribution is 2.22. The smallest absolute Gasteiger partial charge is 0.319 e. The van der Waals surface area contributed by atoms with Gasteiger partial charge in [0.25, 0.3) is 0 Å². The number of hydrogen-bond acceptors (Lipinski definition) is 3. The number of rotatable bonds is 5. The van der Waals surface area contributed by atoms with Gasteiger partial charge in [0.05, 0.1) is 0 Å². The third-order valence-electron chi connectivity index (χ3n) is 4.11. The van der Waals surface area contributed by atoms with Gasteiger partial charge in [-0.3, -0.25) is 4.79 Å². The summed E-state index contributed by atoms with van der Waals surface area (Å²) in [6.07, 6.45) is 1.36. The number of anilines is 1. The molecule has 0 atom stereocenters. The van der Waals surface area contributed by atoms with Crippen molar-refractivity contribution >= 4 is 17.6 Å². The van der Waals surface area contributed by atoms with Crippen molar-refractivity contribution in [2.24, 2.45) is 5.92 Å². The van der Waals surface area contributed by atoms with Gasteiger partial charge in [0.1, 0.15) is 12.4 Å². The molecule has 3 amide bonds. The van der Waals surface area contributed by atoms with Crippen LogP contribution in [-0.2, 0) is 4.79 Å². The monoisotopic (exact) mass is 345 g/mol. The van der Waals surface area contributed by atoms with Gasteiger partial charge in [-0.25, -0.2) is 4.79 Å². The Labute approximate surface area is 149 Å². The number of carbonyl (C=O) groups excluding carboxylic acids is 2. The number of likely N-dealkylation sites (tertiary alicyclic amines) is 1. The zero-order valence-electron chi connectivity index (χ0n) is 15.2. The van der Waals surface area contributed by atoms with Crippen LogP contribution in [0.2, 0.25) is 0 Å². The van der Waals surface area contributed by atoms with E-state index in [2.05, 4.69) is 11.9 Å². The van der Waals surface area contributed by atoms with Crippen LogP contribution in [0.1, 0.15) is 19.8 Å². The van der Waals surface area contributed by atoms with E-state index >= 15 is 0 Å². The molecule has 1 fully saturated rings. The van der Waals surface area contributed by atoms with E-state index in [0.717, 1.165) is 11.3 Å². The maximum Gasteiger partial charge on any atom is 0.319 e. The molecule has 2 rings (SSSR count). The largest absolute Gasteiger partial charge is 0.489 e. The lowest BCUT2D eigenvalue weighted by molar-refractivity contribution is -0.121.